The van der Waals surface area contributed by atoms with Crippen LogP contribution in [-0.2, 0) is 0 Å². The molecule has 2 heterocycles. The third kappa shape index (κ3) is 3.18. The molecule has 3 rings (SSSR count). The summed E-state index contributed by atoms with van der Waals surface area (Å²) in [6.45, 7) is 0.966. The number of rotatable bonds is 3. The van der Waals surface area contributed by atoms with E-state index in [4.69, 9.17) is 0 Å². The number of imidazole rings is 1. The summed E-state index contributed by atoms with van der Waals surface area (Å²) < 4.78 is 42.2. The van der Waals surface area contributed by atoms with Crippen LogP contribution in [0.5, 0.6) is 5.75 Å². The second kappa shape index (κ2) is 5.40. The van der Waals surface area contributed by atoms with E-state index in [0.29, 0.717) is 0 Å². The Morgan fingerprint density at radius 3 is 2.62 bits per heavy atom. The molecule has 0 saturated carbocycles. The van der Waals surface area contributed by atoms with E-state index >= 15 is 0 Å². The van der Waals surface area contributed by atoms with Crippen molar-refractivity contribution in [2.75, 3.05) is 6.54 Å². The number of alkyl halides is 3. The summed E-state index contributed by atoms with van der Waals surface area (Å²) in [7, 11) is 0. The fourth-order valence-electron chi connectivity index (χ4n) is 2.52. The number of hydrogen-bond acceptors (Lipinski definition) is 3. The van der Waals surface area contributed by atoms with Crippen LogP contribution in [0.2, 0.25) is 0 Å². The fourth-order valence-corrected chi connectivity index (χ4v) is 2.52. The Bertz CT molecular complexity index is 601. The molecule has 0 unspecified atom stereocenters. The molecular weight excluding hydrogens is 283 g/mol. The van der Waals surface area contributed by atoms with Gasteiger partial charge < -0.3 is 14.6 Å². The van der Waals surface area contributed by atoms with Gasteiger partial charge in [-0.05, 0) is 43.7 Å². The largest absolute Gasteiger partial charge is 0.573 e. The SMILES string of the molecule is FC(F)(F)Oc1ccc(-n2cncc2[C@@H]2CCCN2)cc1. The standard InChI is InChI=1S/C14H14F3N3O/c15-14(16,17)21-11-5-3-10(4-6-11)20-9-18-8-13(20)12-2-1-7-19-12/h3-6,8-9,12,19H,1-2,7H2/t12-/m0/s1. The van der Waals surface area contributed by atoms with Crippen molar-refractivity contribution in [2.24, 2.45) is 0 Å². The molecule has 21 heavy (non-hydrogen) atoms. The number of nitrogens with one attached hydrogen (secondary N) is 1. The number of aromatic nitrogens is 2. The van der Waals surface area contributed by atoms with Gasteiger partial charge in [0.05, 0.1) is 18.2 Å². The average Bonchev–Trinajstić information content (AvgIpc) is 3.08. The smallest absolute Gasteiger partial charge is 0.406 e. The maximum absolute atomic E-state index is 12.1. The highest BCUT2D eigenvalue weighted by atomic mass is 19.4. The Balaban J connectivity index is 1.83. The Morgan fingerprint density at radius 2 is 2.00 bits per heavy atom. The maximum Gasteiger partial charge on any atom is 0.573 e. The summed E-state index contributed by atoms with van der Waals surface area (Å²) >= 11 is 0. The second-order valence-electron chi connectivity index (χ2n) is 4.88. The minimum absolute atomic E-state index is 0.230. The number of hydrogen-bond donors (Lipinski definition) is 1. The van der Waals surface area contributed by atoms with Crippen LogP contribution in [-0.4, -0.2) is 22.5 Å². The molecule has 0 spiro atoms. The zero-order chi connectivity index (χ0) is 14.9. The minimum atomic E-state index is -4.67. The predicted octanol–water partition coefficient (Wildman–Crippen LogP) is 3.20. The summed E-state index contributed by atoms with van der Waals surface area (Å²) in [5.41, 5.74) is 1.77. The zero-order valence-corrected chi connectivity index (χ0v) is 11.1. The van der Waals surface area contributed by atoms with E-state index in [9.17, 15) is 13.2 Å². The highest BCUT2D eigenvalue weighted by Crippen LogP contribution is 2.27. The summed E-state index contributed by atoms with van der Waals surface area (Å²) in [6, 6.07) is 6.00. The predicted molar refractivity (Wildman–Crippen MR) is 70.2 cm³/mol. The van der Waals surface area contributed by atoms with Crippen molar-refractivity contribution in [1.29, 1.82) is 0 Å². The van der Waals surface area contributed by atoms with Crippen LogP contribution in [0, 0.1) is 0 Å². The molecular formula is C14H14F3N3O. The zero-order valence-electron chi connectivity index (χ0n) is 11.1. The Labute approximate surface area is 119 Å². The van der Waals surface area contributed by atoms with Gasteiger partial charge >= 0.3 is 6.36 Å². The van der Waals surface area contributed by atoms with Crippen molar-refractivity contribution in [3.63, 3.8) is 0 Å². The van der Waals surface area contributed by atoms with Crippen LogP contribution in [0.25, 0.3) is 5.69 Å². The van der Waals surface area contributed by atoms with Crippen molar-refractivity contribution in [3.8, 4) is 11.4 Å². The molecule has 2 aromatic rings. The molecule has 0 amide bonds. The second-order valence-corrected chi connectivity index (χ2v) is 4.88. The summed E-state index contributed by atoms with van der Waals surface area (Å²) in [5, 5.41) is 3.38. The maximum atomic E-state index is 12.1. The van der Waals surface area contributed by atoms with Gasteiger partial charge in [0.1, 0.15) is 5.75 Å². The molecule has 1 aliphatic rings. The highest BCUT2D eigenvalue weighted by molar-refractivity contribution is 5.39. The number of nitrogens with zero attached hydrogens (tertiary/aromatic N) is 2. The van der Waals surface area contributed by atoms with E-state index in [-0.39, 0.29) is 11.8 Å². The van der Waals surface area contributed by atoms with Gasteiger partial charge in [-0.2, -0.15) is 0 Å². The summed E-state index contributed by atoms with van der Waals surface area (Å²) in [5.74, 6) is -0.230. The van der Waals surface area contributed by atoms with Crippen molar-refractivity contribution < 1.29 is 17.9 Å². The summed E-state index contributed by atoms with van der Waals surface area (Å²) in [6.07, 6.45) is 0.905. The van der Waals surface area contributed by atoms with Crippen molar-refractivity contribution in [1.82, 2.24) is 14.9 Å². The van der Waals surface area contributed by atoms with Crippen LogP contribution in [0.15, 0.2) is 36.8 Å². The Morgan fingerprint density at radius 1 is 1.24 bits per heavy atom. The van der Waals surface area contributed by atoms with Crippen LogP contribution in [0.3, 0.4) is 0 Å². The van der Waals surface area contributed by atoms with Gasteiger partial charge in [0.2, 0.25) is 0 Å². The van der Waals surface area contributed by atoms with E-state index in [1.54, 1.807) is 24.7 Å². The molecule has 1 fully saturated rings. The molecule has 7 heteroatoms. The monoisotopic (exact) mass is 297 g/mol. The molecule has 0 bridgehead atoms. The third-order valence-corrected chi connectivity index (χ3v) is 3.43. The lowest BCUT2D eigenvalue weighted by Crippen LogP contribution is -2.17. The van der Waals surface area contributed by atoms with E-state index in [1.165, 1.54) is 12.1 Å². The number of ether oxygens (including phenoxy) is 1. The van der Waals surface area contributed by atoms with E-state index < -0.39 is 6.36 Å². The van der Waals surface area contributed by atoms with Gasteiger partial charge in [-0.15, -0.1) is 13.2 Å². The molecule has 1 aliphatic heterocycles. The fraction of sp³-hybridized carbons (Fsp3) is 0.357. The van der Waals surface area contributed by atoms with Gasteiger partial charge in [-0.3, -0.25) is 0 Å². The van der Waals surface area contributed by atoms with Gasteiger partial charge in [-0.25, -0.2) is 4.98 Å². The topological polar surface area (TPSA) is 39.1 Å². The highest BCUT2D eigenvalue weighted by Gasteiger charge is 2.31. The first-order valence-electron chi connectivity index (χ1n) is 6.65. The molecule has 4 nitrogen and oxygen atoms in total. The molecule has 1 aromatic heterocycles. The van der Waals surface area contributed by atoms with E-state index in [2.05, 4.69) is 15.0 Å². The average molecular weight is 297 g/mol. The van der Waals surface area contributed by atoms with Gasteiger partial charge in [0, 0.05) is 11.7 Å². The molecule has 112 valence electrons. The molecule has 1 saturated heterocycles. The Kier molecular flexibility index (Phi) is 3.59. The molecule has 0 aliphatic carbocycles. The van der Waals surface area contributed by atoms with Gasteiger partial charge in [0.15, 0.2) is 0 Å². The van der Waals surface area contributed by atoms with Crippen molar-refractivity contribution in [3.05, 3.63) is 42.5 Å². The first kappa shape index (κ1) is 13.9. The minimum Gasteiger partial charge on any atom is -0.406 e. The molecule has 0 radical (unpaired) electrons. The van der Waals surface area contributed by atoms with Crippen molar-refractivity contribution in [2.45, 2.75) is 25.2 Å². The van der Waals surface area contributed by atoms with Gasteiger partial charge in [0.25, 0.3) is 0 Å². The molecule has 1 N–H and O–H groups in total. The lowest BCUT2D eigenvalue weighted by molar-refractivity contribution is -0.274. The first-order valence-corrected chi connectivity index (χ1v) is 6.65. The Hall–Kier alpha value is -2.02. The van der Waals surface area contributed by atoms with Crippen LogP contribution in [0.1, 0.15) is 24.6 Å². The third-order valence-electron chi connectivity index (χ3n) is 3.43. The van der Waals surface area contributed by atoms with E-state index in [0.717, 1.165) is 30.8 Å². The lowest BCUT2D eigenvalue weighted by atomic mass is 10.1. The van der Waals surface area contributed by atoms with Crippen molar-refractivity contribution >= 4 is 0 Å². The quantitative estimate of drug-likeness (QED) is 0.945. The normalized spacial score (nSPS) is 18.9. The molecule has 1 aromatic carbocycles. The summed E-state index contributed by atoms with van der Waals surface area (Å²) in [4.78, 5) is 4.14. The first-order chi connectivity index (χ1) is 10.0. The van der Waals surface area contributed by atoms with Crippen LogP contribution in [0.4, 0.5) is 13.2 Å². The van der Waals surface area contributed by atoms with Gasteiger partial charge in [-0.1, -0.05) is 0 Å². The molecule has 1 atom stereocenters. The number of halogens is 3. The lowest BCUT2D eigenvalue weighted by Gasteiger charge is -2.14. The van der Waals surface area contributed by atoms with E-state index in [1.807, 2.05) is 4.57 Å². The van der Waals surface area contributed by atoms with Crippen LogP contribution < -0.4 is 10.1 Å². The number of benzene rings is 1. The van der Waals surface area contributed by atoms with Crippen LogP contribution >= 0.6 is 0 Å².